The minimum atomic E-state index is -1.18. The minimum Gasteiger partial charge on any atom is -0.458 e. The van der Waals surface area contributed by atoms with Gasteiger partial charge in [0.2, 0.25) is 11.6 Å². The maximum atomic E-state index is 14.2. The average molecular weight is 602 g/mol. The van der Waals surface area contributed by atoms with Gasteiger partial charge in [0.1, 0.15) is 12.2 Å². The Morgan fingerprint density at radius 3 is 2.47 bits per heavy atom. The van der Waals surface area contributed by atoms with Crippen LogP contribution in [0.3, 0.4) is 0 Å². The molecule has 0 amide bonds. The molecule has 2 aliphatic heterocycles. The standard InChI is InChI=1S/C32H47N3O8/c1-19(36)42-22-16-31(2)21(8-9-23(31)37)25-27(22)32(3)24(18-41-6)43-30(40)20(26(32)29(39)28(25)38)17-35-14-12-34(13-15-35)11-7-10-33(4)5/h17,21-24,26,37H,7-16,18H2,1-6H3/b20-17+/t21?,22-,23+,24-,26?,31+,32+/m1/s1. The molecule has 5 rings (SSSR count). The van der Waals surface area contributed by atoms with Gasteiger partial charge in [-0.25, -0.2) is 4.79 Å². The van der Waals surface area contributed by atoms with Crippen molar-refractivity contribution in [1.82, 2.24) is 14.7 Å². The maximum Gasteiger partial charge on any atom is 0.336 e. The van der Waals surface area contributed by atoms with E-state index in [9.17, 15) is 24.3 Å². The molecule has 1 saturated carbocycles. The zero-order chi connectivity index (χ0) is 31.3. The molecule has 11 nitrogen and oxygen atoms in total. The van der Waals surface area contributed by atoms with E-state index < -0.39 is 58.6 Å². The van der Waals surface area contributed by atoms with Crippen LogP contribution in [0, 0.1) is 22.7 Å². The van der Waals surface area contributed by atoms with E-state index in [4.69, 9.17) is 14.2 Å². The van der Waals surface area contributed by atoms with E-state index in [0.29, 0.717) is 43.5 Å². The van der Waals surface area contributed by atoms with Gasteiger partial charge in [-0.05, 0) is 64.4 Å². The molecule has 3 aliphatic carbocycles. The fourth-order valence-electron chi connectivity index (χ4n) is 8.41. The first kappa shape index (κ1) is 31.8. The van der Waals surface area contributed by atoms with Crippen LogP contribution in [-0.4, -0.2) is 129 Å². The van der Waals surface area contributed by atoms with Crippen LogP contribution in [-0.2, 0) is 33.4 Å². The quantitative estimate of drug-likeness (QED) is 0.245. The number of esters is 2. The molecule has 7 atom stereocenters. The summed E-state index contributed by atoms with van der Waals surface area (Å²) in [6.07, 6.45) is 1.68. The Hall–Kier alpha value is -2.60. The molecule has 0 spiro atoms. The highest BCUT2D eigenvalue weighted by molar-refractivity contribution is 6.47. The van der Waals surface area contributed by atoms with Crippen LogP contribution in [0.1, 0.15) is 46.5 Å². The highest BCUT2D eigenvalue weighted by Crippen LogP contribution is 2.63. The topological polar surface area (TPSA) is 126 Å². The van der Waals surface area contributed by atoms with Gasteiger partial charge < -0.3 is 29.1 Å². The summed E-state index contributed by atoms with van der Waals surface area (Å²) in [5.41, 5.74) is -0.892. The van der Waals surface area contributed by atoms with Crippen molar-refractivity contribution in [3.8, 4) is 0 Å². The number of methoxy groups -OCH3 is 1. The van der Waals surface area contributed by atoms with Crippen LogP contribution in [0.4, 0.5) is 0 Å². The fourth-order valence-corrected chi connectivity index (χ4v) is 8.41. The number of piperazine rings is 1. The molecule has 0 aromatic rings. The molecule has 0 aromatic heterocycles. The van der Waals surface area contributed by atoms with Gasteiger partial charge in [-0.15, -0.1) is 0 Å². The van der Waals surface area contributed by atoms with E-state index >= 15 is 0 Å². The number of ketones is 2. The Morgan fingerprint density at radius 1 is 1.14 bits per heavy atom. The number of cyclic esters (lactones) is 1. The van der Waals surface area contributed by atoms with Gasteiger partial charge in [-0.3, -0.25) is 19.3 Å². The van der Waals surface area contributed by atoms with Gasteiger partial charge in [0, 0.05) is 62.8 Å². The average Bonchev–Trinajstić information content (AvgIpc) is 3.23. The van der Waals surface area contributed by atoms with Crippen molar-refractivity contribution in [3.05, 3.63) is 22.9 Å². The SMILES string of the molecule is COC[C@H]1OC(=O)/C(=C/N2CCN(CCCN(C)C)CC2)C2C(=O)C(=O)C3=C([C@H](OC(C)=O)C[C@@]4(C)C3CC[C@@H]4O)[C@]21C. The normalized spacial score (nSPS) is 37.4. The molecule has 2 unspecified atom stereocenters. The zero-order valence-corrected chi connectivity index (χ0v) is 26.4. The lowest BCUT2D eigenvalue weighted by Gasteiger charge is -2.56. The lowest BCUT2D eigenvalue weighted by molar-refractivity contribution is -0.175. The van der Waals surface area contributed by atoms with Gasteiger partial charge >= 0.3 is 11.9 Å². The van der Waals surface area contributed by atoms with E-state index in [0.717, 1.165) is 32.6 Å². The number of fused-ring (bicyclic) bond motifs is 4. The number of hydrogen-bond acceptors (Lipinski definition) is 11. The van der Waals surface area contributed by atoms with Gasteiger partial charge in [-0.1, -0.05) is 13.8 Å². The first-order valence-electron chi connectivity index (χ1n) is 15.5. The monoisotopic (exact) mass is 601 g/mol. The summed E-state index contributed by atoms with van der Waals surface area (Å²) in [4.78, 5) is 60.9. The van der Waals surface area contributed by atoms with Crippen molar-refractivity contribution < 1.29 is 38.5 Å². The van der Waals surface area contributed by atoms with Gasteiger partial charge in [0.25, 0.3) is 0 Å². The lowest BCUT2D eigenvalue weighted by Crippen LogP contribution is -2.63. The smallest absolute Gasteiger partial charge is 0.336 e. The number of nitrogens with zero attached hydrogens (tertiary/aromatic N) is 3. The zero-order valence-electron chi connectivity index (χ0n) is 26.4. The summed E-state index contributed by atoms with van der Waals surface area (Å²) in [6, 6.07) is 0. The third kappa shape index (κ3) is 5.47. The number of carbonyl (C=O) groups is 4. The number of hydrogen-bond donors (Lipinski definition) is 1. The van der Waals surface area contributed by atoms with Crippen LogP contribution in [0.25, 0.3) is 0 Å². The Labute approximate surface area is 254 Å². The molecule has 5 aliphatic rings. The van der Waals surface area contributed by atoms with E-state index in [2.05, 4.69) is 23.9 Å². The van der Waals surface area contributed by atoms with Gasteiger partial charge in [0.15, 0.2) is 0 Å². The number of allylic oxidation sites excluding steroid dienone is 1. The van der Waals surface area contributed by atoms with Crippen LogP contribution in [0.5, 0.6) is 0 Å². The second-order valence-corrected chi connectivity index (χ2v) is 13.7. The van der Waals surface area contributed by atoms with Crippen molar-refractivity contribution in [3.63, 3.8) is 0 Å². The summed E-state index contributed by atoms with van der Waals surface area (Å²) in [5.74, 6) is -3.93. The van der Waals surface area contributed by atoms with E-state index in [-0.39, 0.29) is 18.1 Å². The summed E-state index contributed by atoms with van der Waals surface area (Å²) in [5, 5.41) is 11.0. The number of Topliss-reactive ketones (excluding diaryl/α,β-unsaturated/α-hetero) is 2. The lowest BCUT2D eigenvalue weighted by atomic mass is 9.50. The summed E-state index contributed by atoms with van der Waals surface area (Å²) >= 11 is 0. The molecule has 1 N–H and O–H groups in total. The Bertz CT molecular complexity index is 1220. The number of carbonyl (C=O) groups excluding carboxylic acids is 4. The van der Waals surface area contributed by atoms with E-state index in [1.165, 1.54) is 14.0 Å². The summed E-state index contributed by atoms with van der Waals surface area (Å²) in [7, 11) is 5.62. The van der Waals surface area contributed by atoms with Gasteiger partial charge in [-0.2, -0.15) is 0 Å². The number of aliphatic hydroxyl groups is 1. The molecule has 0 bridgehead atoms. The van der Waals surface area contributed by atoms with Crippen molar-refractivity contribution >= 4 is 23.5 Å². The van der Waals surface area contributed by atoms with Crippen molar-refractivity contribution in [2.24, 2.45) is 22.7 Å². The van der Waals surface area contributed by atoms with E-state index in [1.807, 2.05) is 18.7 Å². The van der Waals surface area contributed by atoms with Crippen LogP contribution in [0.15, 0.2) is 22.9 Å². The molecular formula is C32H47N3O8. The van der Waals surface area contributed by atoms with Crippen LogP contribution in [0.2, 0.25) is 0 Å². The highest BCUT2D eigenvalue weighted by Gasteiger charge is 2.67. The first-order valence-corrected chi connectivity index (χ1v) is 15.5. The van der Waals surface area contributed by atoms with Crippen molar-refractivity contribution in [2.75, 3.05) is 67.1 Å². The Kier molecular flexibility index (Phi) is 8.92. The molecule has 43 heavy (non-hydrogen) atoms. The van der Waals surface area contributed by atoms with E-state index in [1.54, 1.807) is 6.20 Å². The molecule has 11 heteroatoms. The highest BCUT2D eigenvalue weighted by atomic mass is 16.6. The van der Waals surface area contributed by atoms with Crippen LogP contribution >= 0.6 is 0 Å². The van der Waals surface area contributed by atoms with Crippen LogP contribution < -0.4 is 0 Å². The third-order valence-corrected chi connectivity index (χ3v) is 10.7. The second kappa shape index (κ2) is 12.1. The van der Waals surface area contributed by atoms with Gasteiger partial charge in [0.05, 0.1) is 24.2 Å². The summed E-state index contributed by atoms with van der Waals surface area (Å²) in [6.45, 7) is 10.1. The molecule has 2 saturated heterocycles. The fraction of sp³-hybridized carbons (Fsp3) is 0.750. The maximum absolute atomic E-state index is 14.2. The molecule has 238 valence electrons. The number of ether oxygens (including phenoxy) is 3. The largest absolute Gasteiger partial charge is 0.458 e. The Balaban J connectivity index is 1.55. The number of aliphatic hydroxyl groups excluding tert-OH is 1. The predicted molar refractivity (Wildman–Crippen MR) is 157 cm³/mol. The molecule has 2 heterocycles. The van der Waals surface area contributed by atoms with Crippen molar-refractivity contribution in [1.29, 1.82) is 0 Å². The third-order valence-electron chi connectivity index (χ3n) is 10.7. The molecular weight excluding hydrogens is 554 g/mol. The second-order valence-electron chi connectivity index (χ2n) is 13.7. The first-order chi connectivity index (χ1) is 20.3. The molecule has 0 aromatic carbocycles. The Morgan fingerprint density at radius 2 is 1.84 bits per heavy atom. The summed E-state index contributed by atoms with van der Waals surface area (Å²) < 4.78 is 17.4. The molecule has 3 fully saturated rings. The molecule has 0 radical (unpaired) electrons. The predicted octanol–water partition coefficient (Wildman–Crippen LogP) is 1.19. The minimum absolute atomic E-state index is 0.00719. The van der Waals surface area contributed by atoms with Crippen molar-refractivity contribution in [2.45, 2.75) is 64.8 Å². The number of rotatable bonds is 8.